The van der Waals surface area contributed by atoms with Crippen molar-refractivity contribution in [1.82, 2.24) is 19.9 Å². The quantitative estimate of drug-likeness (QED) is 0.674. The third kappa shape index (κ3) is 1.60. The number of hydrogen-bond acceptors (Lipinski definition) is 4. The summed E-state index contributed by atoms with van der Waals surface area (Å²) in [7, 11) is 1.86. The molecule has 0 saturated heterocycles. The lowest BCUT2D eigenvalue weighted by molar-refractivity contribution is -0.138. The number of carboxylic acids is 1. The lowest BCUT2D eigenvalue weighted by atomic mass is 10.1. The first-order chi connectivity index (χ1) is 6.66. The average Bonchev–Trinajstić information content (AvgIpc) is 2.46. The van der Waals surface area contributed by atoms with Gasteiger partial charge in [-0.25, -0.2) is 0 Å². The fourth-order valence-corrected chi connectivity index (χ4v) is 1.73. The predicted molar refractivity (Wildman–Crippen MR) is 47.6 cm³/mol. The van der Waals surface area contributed by atoms with E-state index in [1.54, 1.807) is 4.68 Å². The number of nitrogens with zero attached hydrogens (tertiary/aromatic N) is 4. The zero-order chi connectivity index (χ0) is 10.1. The van der Waals surface area contributed by atoms with E-state index in [2.05, 4.69) is 10.3 Å². The molecular formula is C8H12N4O2. The molecule has 1 aromatic rings. The molecule has 0 saturated carbocycles. The number of carboxylic acid groups (broad SMARTS) is 1. The van der Waals surface area contributed by atoms with Gasteiger partial charge in [0.25, 0.3) is 0 Å². The molecule has 0 unspecified atom stereocenters. The summed E-state index contributed by atoms with van der Waals surface area (Å²) in [5.74, 6) is -0.794. The normalized spacial score (nSPS) is 16.6. The van der Waals surface area contributed by atoms with E-state index in [-0.39, 0.29) is 6.54 Å². The van der Waals surface area contributed by atoms with Gasteiger partial charge in [-0.1, -0.05) is 5.21 Å². The monoisotopic (exact) mass is 196 g/mol. The topological polar surface area (TPSA) is 71.2 Å². The fraction of sp³-hybridized carbons (Fsp3) is 0.625. The number of aliphatic carboxylic acids is 1. The molecule has 0 bridgehead atoms. The Hall–Kier alpha value is -1.43. The highest BCUT2D eigenvalue weighted by Gasteiger charge is 2.21. The van der Waals surface area contributed by atoms with Crippen molar-refractivity contribution < 1.29 is 9.90 Å². The van der Waals surface area contributed by atoms with Gasteiger partial charge < -0.3 is 5.11 Å². The van der Waals surface area contributed by atoms with Gasteiger partial charge >= 0.3 is 5.97 Å². The molecule has 0 amide bonds. The third-order valence-electron chi connectivity index (χ3n) is 2.42. The molecule has 1 aliphatic heterocycles. The molecule has 0 fully saturated rings. The van der Waals surface area contributed by atoms with Gasteiger partial charge in [-0.05, 0) is 0 Å². The van der Waals surface area contributed by atoms with Crippen LogP contribution in [0.5, 0.6) is 0 Å². The summed E-state index contributed by atoms with van der Waals surface area (Å²) >= 11 is 0. The third-order valence-corrected chi connectivity index (χ3v) is 2.42. The summed E-state index contributed by atoms with van der Waals surface area (Å²) in [5.41, 5.74) is 2.02. The van der Waals surface area contributed by atoms with Gasteiger partial charge in [-0.2, -0.15) is 0 Å². The Morgan fingerprint density at radius 2 is 2.43 bits per heavy atom. The molecular weight excluding hydrogens is 184 g/mol. The Kier molecular flexibility index (Phi) is 2.20. The van der Waals surface area contributed by atoms with Crippen LogP contribution in [0.2, 0.25) is 0 Å². The van der Waals surface area contributed by atoms with Crippen molar-refractivity contribution in [2.45, 2.75) is 13.0 Å². The lowest BCUT2D eigenvalue weighted by Crippen LogP contribution is -2.35. The second-order valence-corrected chi connectivity index (χ2v) is 3.46. The molecule has 2 rings (SSSR count). The fourth-order valence-electron chi connectivity index (χ4n) is 1.73. The lowest BCUT2D eigenvalue weighted by Gasteiger charge is -2.23. The second kappa shape index (κ2) is 3.38. The average molecular weight is 196 g/mol. The minimum Gasteiger partial charge on any atom is -0.480 e. The summed E-state index contributed by atoms with van der Waals surface area (Å²) in [4.78, 5) is 12.4. The van der Waals surface area contributed by atoms with E-state index >= 15 is 0 Å². The number of rotatable bonds is 2. The first-order valence-electron chi connectivity index (χ1n) is 4.48. The Bertz CT molecular complexity index is 360. The van der Waals surface area contributed by atoms with Gasteiger partial charge in [0, 0.05) is 26.6 Å². The van der Waals surface area contributed by atoms with Crippen LogP contribution >= 0.6 is 0 Å². The minimum absolute atomic E-state index is 0.0794. The van der Waals surface area contributed by atoms with Crippen LogP contribution in [0.1, 0.15) is 11.4 Å². The maximum absolute atomic E-state index is 10.5. The predicted octanol–water partition coefficient (Wildman–Crippen LogP) is -0.742. The summed E-state index contributed by atoms with van der Waals surface area (Å²) in [6.45, 7) is 1.44. The summed E-state index contributed by atoms with van der Waals surface area (Å²) < 4.78 is 1.76. The number of carbonyl (C=O) groups is 1. The van der Waals surface area contributed by atoms with Gasteiger partial charge in [0.1, 0.15) is 0 Å². The zero-order valence-electron chi connectivity index (χ0n) is 7.97. The Morgan fingerprint density at radius 3 is 3.14 bits per heavy atom. The molecule has 0 aromatic carbocycles. The maximum Gasteiger partial charge on any atom is 0.317 e. The van der Waals surface area contributed by atoms with Crippen LogP contribution in [0.4, 0.5) is 0 Å². The molecule has 1 aliphatic rings. The van der Waals surface area contributed by atoms with E-state index in [1.807, 2.05) is 11.9 Å². The molecule has 0 spiro atoms. The van der Waals surface area contributed by atoms with Gasteiger partial charge in [0.05, 0.1) is 17.9 Å². The zero-order valence-corrected chi connectivity index (χ0v) is 7.97. The van der Waals surface area contributed by atoms with Crippen LogP contribution in [0.3, 0.4) is 0 Å². The van der Waals surface area contributed by atoms with E-state index in [1.165, 1.54) is 0 Å². The maximum atomic E-state index is 10.5. The minimum atomic E-state index is -0.794. The Labute approximate surface area is 81.1 Å². The summed E-state index contributed by atoms with van der Waals surface area (Å²) in [6.07, 6.45) is 0.826. The number of aryl methyl sites for hydroxylation is 1. The van der Waals surface area contributed by atoms with Crippen molar-refractivity contribution in [2.24, 2.45) is 7.05 Å². The molecule has 2 heterocycles. The highest BCUT2D eigenvalue weighted by molar-refractivity contribution is 5.69. The summed E-state index contributed by atoms with van der Waals surface area (Å²) in [5, 5.41) is 16.5. The van der Waals surface area contributed by atoms with E-state index < -0.39 is 5.97 Å². The van der Waals surface area contributed by atoms with Gasteiger partial charge in [-0.15, -0.1) is 5.10 Å². The second-order valence-electron chi connectivity index (χ2n) is 3.46. The van der Waals surface area contributed by atoms with Gasteiger partial charge in [0.2, 0.25) is 0 Å². The number of hydrogen-bond donors (Lipinski definition) is 1. The molecule has 1 aromatic heterocycles. The largest absolute Gasteiger partial charge is 0.480 e. The van der Waals surface area contributed by atoms with Crippen molar-refractivity contribution >= 4 is 5.97 Å². The SMILES string of the molecule is Cn1nnc2c1CCN(CC(=O)O)C2. The molecule has 0 aliphatic carbocycles. The Morgan fingerprint density at radius 1 is 1.64 bits per heavy atom. The van der Waals surface area contributed by atoms with Crippen LogP contribution in [0, 0.1) is 0 Å². The van der Waals surface area contributed by atoms with Crippen LogP contribution in [-0.4, -0.2) is 44.1 Å². The molecule has 14 heavy (non-hydrogen) atoms. The van der Waals surface area contributed by atoms with Crippen molar-refractivity contribution in [3.63, 3.8) is 0 Å². The van der Waals surface area contributed by atoms with Crippen molar-refractivity contribution in [1.29, 1.82) is 0 Å². The number of fused-ring (bicyclic) bond motifs is 1. The first-order valence-corrected chi connectivity index (χ1v) is 4.48. The summed E-state index contributed by atoms with van der Waals surface area (Å²) in [6, 6.07) is 0. The van der Waals surface area contributed by atoms with Crippen LogP contribution in [0.25, 0.3) is 0 Å². The van der Waals surface area contributed by atoms with Crippen LogP contribution < -0.4 is 0 Å². The molecule has 6 nitrogen and oxygen atoms in total. The molecule has 76 valence electrons. The van der Waals surface area contributed by atoms with Crippen molar-refractivity contribution in [3.8, 4) is 0 Å². The van der Waals surface area contributed by atoms with Gasteiger partial charge in [0.15, 0.2) is 0 Å². The number of aromatic nitrogens is 3. The Balaban J connectivity index is 2.10. The highest BCUT2D eigenvalue weighted by atomic mass is 16.4. The highest BCUT2D eigenvalue weighted by Crippen LogP contribution is 2.14. The molecule has 0 radical (unpaired) electrons. The van der Waals surface area contributed by atoms with E-state index in [0.29, 0.717) is 6.54 Å². The molecule has 1 N–H and O–H groups in total. The van der Waals surface area contributed by atoms with Crippen molar-refractivity contribution in [2.75, 3.05) is 13.1 Å². The van der Waals surface area contributed by atoms with E-state index in [4.69, 9.17) is 5.11 Å². The van der Waals surface area contributed by atoms with Crippen LogP contribution in [0.15, 0.2) is 0 Å². The smallest absolute Gasteiger partial charge is 0.317 e. The molecule has 0 atom stereocenters. The van der Waals surface area contributed by atoms with E-state index in [0.717, 1.165) is 24.4 Å². The standard InChI is InChI=1S/C8H12N4O2/c1-11-7-2-3-12(5-8(13)14)4-6(7)9-10-11/h2-5H2,1H3,(H,13,14). The van der Waals surface area contributed by atoms with Gasteiger partial charge in [-0.3, -0.25) is 14.4 Å². The van der Waals surface area contributed by atoms with Crippen LogP contribution in [-0.2, 0) is 24.8 Å². The first kappa shape index (κ1) is 9.14. The molecule has 6 heteroatoms. The van der Waals surface area contributed by atoms with Crippen molar-refractivity contribution in [3.05, 3.63) is 11.4 Å². The van der Waals surface area contributed by atoms with E-state index in [9.17, 15) is 4.79 Å².